The molecule has 468 valence electrons. The number of nitrogens with one attached hydrogen (secondary N) is 3. The zero-order valence-electron chi connectivity index (χ0n) is 51.1. The van der Waals surface area contributed by atoms with Gasteiger partial charge in [-0.1, -0.05) is 121 Å². The molecule has 0 spiro atoms. The summed E-state index contributed by atoms with van der Waals surface area (Å²) in [6, 6.07) is 36.6. The van der Waals surface area contributed by atoms with Crippen molar-refractivity contribution in [2.24, 2.45) is 11.8 Å². The molecule has 23 nitrogen and oxygen atoms in total. The normalized spacial score (nSPS) is 21.2. The van der Waals surface area contributed by atoms with Gasteiger partial charge >= 0.3 is 0 Å². The largest absolute Gasteiger partial charge is 0.497 e. The summed E-state index contributed by atoms with van der Waals surface area (Å²) in [6.45, 7) is 18.2. The lowest BCUT2D eigenvalue weighted by molar-refractivity contribution is -0.118. The summed E-state index contributed by atoms with van der Waals surface area (Å²) in [5.74, 6) is -0.159. The standard InChI is InChI=1S/C63H77BN11O12PSi/c1-12-46-51(87-89(10,11)62(5,6)7)52(60(83-46)75-37-69-49-55(75)71-61(73-58(49)78)72-56(76)38(2)3)86-88(64,81-33-19-32-65)82-34-47-50(39(4)59(84-47)74-36-68-48-53(66-35-67-54(48)74)70-57(77)40-20-15-13-16-21-40)85-63(41-22-17-14-18-23-41,42-24-28-44(79-8)29-25-42)43-26-30-45(80-9)31-27-43/h13-18,20-31,35-39,46-47,50-52,59-60H,12,19,33-34H2,1-11,64H3,(H,66,67,70,77)(H2,71,72,73,76,78)/t39-,46?,47+,50+,51-,52-,59?,60+,88?/m0/s1. The van der Waals surface area contributed by atoms with Gasteiger partial charge in [-0.15, -0.1) is 0 Å². The number of amides is 2. The highest BCUT2D eigenvalue weighted by molar-refractivity contribution is 7.85. The number of benzene rings is 4. The summed E-state index contributed by atoms with van der Waals surface area (Å²) in [4.78, 5) is 66.1. The van der Waals surface area contributed by atoms with E-state index in [1.54, 1.807) is 63.2 Å². The summed E-state index contributed by atoms with van der Waals surface area (Å²) in [5.41, 5.74) is 1.82. The second-order valence-corrected chi connectivity index (χ2v) is 29.3. The molecule has 6 heterocycles. The third-order valence-corrected chi connectivity index (χ3v) is 22.0. The van der Waals surface area contributed by atoms with Crippen molar-refractivity contribution in [3.8, 4) is 17.6 Å². The van der Waals surface area contributed by atoms with E-state index in [2.05, 4.69) is 65.5 Å². The number of rotatable bonds is 24. The van der Waals surface area contributed by atoms with Crippen molar-refractivity contribution in [1.29, 1.82) is 5.26 Å². The molecule has 89 heavy (non-hydrogen) atoms. The minimum Gasteiger partial charge on any atom is -0.497 e. The van der Waals surface area contributed by atoms with Crippen molar-refractivity contribution in [1.82, 2.24) is 39.0 Å². The highest BCUT2D eigenvalue weighted by Gasteiger charge is 2.57. The van der Waals surface area contributed by atoms with E-state index in [9.17, 15) is 19.6 Å². The SMILES string of the molecule is [BH3-][P+](OCCC#N)(OC[C@H]1OC(n2cnc3c(NC(=O)c4ccccc4)ncnc32)[C@@H](C)[C@H]1OC(c1ccccc1)(c1ccc(OC)cc1)c1ccc(OC)cc1)O[C@@H]1[C@H](n2cnc3c(=O)[nH]c(NC(=O)C(C)C)nc32)OC(CC)[C@@H]1O[Si](C)(C)C(C)(C)C. The van der Waals surface area contributed by atoms with E-state index in [-0.39, 0.29) is 59.4 Å². The van der Waals surface area contributed by atoms with Gasteiger partial charge in [-0.3, -0.25) is 33.8 Å². The fourth-order valence-electron chi connectivity index (χ4n) is 10.6. The third-order valence-electron chi connectivity index (χ3n) is 16.4. The summed E-state index contributed by atoms with van der Waals surface area (Å²) in [6.07, 6.45) is -0.700. The molecule has 2 aliphatic heterocycles. The second-order valence-electron chi connectivity index (χ2n) is 23.4. The Morgan fingerprint density at radius 1 is 0.775 bits per heavy atom. The van der Waals surface area contributed by atoms with Crippen molar-refractivity contribution in [3.63, 3.8) is 0 Å². The van der Waals surface area contributed by atoms with Gasteiger partial charge in [-0.2, -0.15) is 10.2 Å². The average molecular weight is 1250 g/mol. The lowest BCUT2D eigenvalue weighted by Crippen LogP contribution is -2.49. The number of hydrogen-bond acceptors (Lipinski definition) is 18. The number of aromatic nitrogens is 8. The van der Waals surface area contributed by atoms with Gasteiger partial charge in [0.15, 0.2) is 48.8 Å². The zero-order chi connectivity index (χ0) is 63.4. The molecule has 2 amide bonds. The third kappa shape index (κ3) is 13.3. The van der Waals surface area contributed by atoms with Gasteiger partial charge in [-0.05, 0) is 77.6 Å². The Bertz CT molecular complexity index is 3820. The van der Waals surface area contributed by atoms with Gasteiger partial charge in [0.25, 0.3) is 11.5 Å². The fourth-order valence-corrected chi connectivity index (χ4v) is 13.1. The first-order chi connectivity index (χ1) is 42.6. The maximum Gasteiger partial charge on any atom is 0.280 e. The van der Waals surface area contributed by atoms with E-state index in [1.807, 2.05) is 103 Å². The Labute approximate surface area is 519 Å². The first-order valence-corrected chi connectivity index (χ1v) is 33.2. The number of carbonyl (C=O) groups excluding carboxylic acids is 2. The molecule has 0 bridgehead atoms. The first-order valence-electron chi connectivity index (χ1n) is 29.2. The molecule has 2 fully saturated rings. The predicted octanol–water partition coefficient (Wildman–Crippen LogP) is 9.81. The number of imidazole rings is 2. The minimum atomic E-state index is -3.45. The number of anilines is 2. The van der Waals surface area contributed by atoms with E-state index in [4.69, 9.17) is 56.6 Å². The van der Waals surface area contributed by atoms with E-state index in [1.165, 1.54) is 12.7 Å². The Kier molecular flexibility index (Phi) is 19.3. The van der Waals surface area contributed by atoms with Crippen LogP contribution in [0, 0.1) is 23.2 Å². The molecule has 0 aliphatic carbocycles. The van der Waals surface area contributed by atoms with Gasteiger partial charge in [0.1, 0.15) is 55.1 Å². The summed E-state index contributed by atoms with van der Waals surface area (Å²) in [5, 5.41) is 15.4. The summed E-state index contributed by atoms with van der Waals surface area (Å²) in [7, 11) is -3.98. The molecule has 26 heteroatoms. The Morgan fingerprint density at radius 2 is 1.37 bits per heavy atom. The molecule has 3 N–H and O–H groups in total. The van der Waals surface area contributed by atoms with Gasteiger partial charge in [0.2, 0.25) is 27.2 Å². The van der Waals surface area contributed by atoms with Crippen molar-refractivity contribution < 1.29 is 51.3 Å². The van der Waals surface area contributed by atoms with Crippen molar-refractivity contribution in [3.05, 3.63) is 161 Å². The lowest BCUT2D eigenvalue weighted by atomic mass is 9.79. The molecular formula is C63H77BN11O12PSi. The van der Waals surface area contributed by atoms with Gasteiger partial charge < -0.3 is 33.4 Å². The first kappa shape index (κ1) is 64.2. The number of hydrogen-bond donors (Lipinski definition) is 3. The number of ether oxygens (including phenoxy) is 5. The van der Waals surface area contributed by atoms with Crippen LogP contribution in [0.5, 0.6) is 11.5 Å². The monoisotopic (exact) mass is 1250 g/mol. The minimum absolute atomic E-state index is 0.0127. The molecule has 2 aliphatic rings. The molecule has 10 rings (SSSR count). The molecule has 8 aromatic rings. The number of fused-ring (bicyclic) bond motifs is 2. The molecule has 4 aromatic carbocycles. The van der Waals surface area contributed by atoms with Gasteiger partial charge in [0, 0.05) is 17.4 Å². The van der Waals surface area contributed by atoms with Crippen LogP contribution in [0.2, 0.25) is 18.1 Å². The predicted molar refractivity (Wildman–Crippen MR) is 342 cm³/mol. The number of methoxy groups -OCH3 is 2. The maximum atomic E-state index is 13.7. The van der Waals surface area contributed by atoms with Crippen LogP contribution in [0.3, 0.4) is 0 Å². The van der Waals surface area contributed by atoms with Crippen LogP contribution in [-0.4, -0.2) is 125 Å². The van der Waals surface area contributed by atoms with Crippen LogP contribution in [0.1, 0.15) is 101 Å². The Balaban J connectivity index is 1.09. The van der Waals surface area contributed by atoms with Gasteiger partial charge in [0.05, 0.1) is 51.6 Å². The van der Waals surface area contributed by atoms with E-state index in [0.29, 0.717) is 34.6 Å². The Hall–Kier alpha value is -7.76. The summed E-state index contributed by atoms with van der Waals surface area (Å²) < 4.78 is 66.2. The number of aromatic amines is 1. The second kappa shape index (κ2) is 26.8. The number of nitrogens with zero attached hydrogens (tertiary/aromatic N) is 8. The maximum absolute atomic E-state index is 13.7. The lowest BCUT2D eigenvalue weighted by Gasteiger charge is -2.41. The van der Waals surface area contributed by atoms with Crippen LogP contribution in [0.25, 0.3) is 22.3 Å². The van der Waals surface area contributed by atoms with Crippen molar-refractivity contribution >= 4 is 69.6 Å². The molecule has 3 unspecified atom stereocenters. The van der Waals surface area contributed by atoms with E-state index < -0.39 is 89.7 Å². The van der Waals surface area contributed by atoms with E-state index in [0.717, 1.165) is 16.7 Å². The number of H-pyrrole nitrogens is 1. The zero-order valence-corrected chi connectivity index (χ0v) is 53.0. The molecular weight excluding hydrogens is 1170 g/mol. The number of carbonyl (C=O) groups is 2. The molecule has 0 saturated carbocycles. The molecule has 9 atom stereocenters. The molecule has 2 saturated heterocycles. The van der Waals surface area contributed by atoms with Crippen molar-refractivity contribution in [2.45, 2.75) is 128 Å². The molecule has 0 radical (unpaired) electrons. The Morgan fingerprint density at radius 3 is 1.97 bits per heavy atom. The highest BCUT2D eigenvalue weighted by atomic mass is 31.2. The topological polar surface area (TPSA) is 272 Å². The number of nitriles is 1. The van der Waals surface area contributed by atoms with Crippen molar-refractivity contribution in [2.75, 3.05) is 38.1 Å². The van der Waals surface area contributed by atoms with Crippen LogP contribution in [-0.2, 0) is 42.6 Å². The smallest absolute Gasteiger partial charge is 0.280 e. The van der Waals surface area contributed by atoms with Crippen LogP contribution in [0.4, 0.5) is 11.8 Å². The van der Waals surface area contributed by atoms with E-state index >= 15 is 0 Å². The average Bonchev–Trinajstić information content (AvgIpc) is 1.77. The quantitative estimate of drug-likeness (QED) is 0.0220. The fraction of sp³-hybridized carbons (Fsp3) is 0.413. The van der Waals surface area contributed by atoms with Gasteiger partial charge in [-0.25, -0.2) is 33.5 Å². The molecule has 4 aromatic heterocycles. The van der Waals surface area contributed by atoms with Crippen LogP contribution < -0.4 is 25.7 Å². The van der Waals surface area contributed by atoms with Crippen LogP contribution >= 0.6 is 7.82 Å². The van der Waals surface area contributed by atoms with Crippen LogP contribution in [0.15, 0.2) is 133 Å². The highest BCUT2D eigenvalue weighted by Crippen LogP contribution is 2.62. The summed E-state index contributed by atoms with van der Waals surface area (Å²) >= 11 is 0.